The van der Waals surface area contributed by atoms with Gasteiger partial charge in [0.2, 0.25) is 0 Å². The predicted molar refractivity (Wildman–Crippen MR) is 84.7 cm³/mol. The first-order valence-electron chi connectivity index (χ1n) is 7.18. The van der Waals surface area contributed by atoms with Crippen LogP contribution in [0.5, 0.6) is 0 Å². The minimum Gasteiger partial charge on any atom is -0.393 e. The first kappa shape index (κ1) is 17.3. The number of rotatable bonds is 3. The Kier molecular flexibility index (Phi) is 5.53. The molecule has 0 unspecified atom stereocenters. The van der Waals surface area contributed by atoms with Gasteiger partial charge in [0, 0.05) is 29.6 Å². The Bertz CT molecular complexity index is 569. The quantitative estimate of drug-likeness (QED) is 0.820. The molecule has 122 valence electrons. The first-order chi connectivity index (χ1) is 10.3. The molecule has 0 saturated carbocycles. The van der Waals surface area contributed by atoms with Crippen LogP contribution in [0.4, 0.5) is 9.18 Å². The zero-order valence-corrected chi connectivity index (χ0v) is 14.0. The zero-order valence-electron chi connectivity index (χ0n) is 12.4. The summed E-state index contributed by atoms with van der Waals surface area (Å²) in [4.78, 5) is 13.9. The molecular weight excluding hydrogens is 330 g/mol. The number of nitrogens with one attached hydrogen (secondary N) is 1. The lowest BCUT2D eigenvalue weighted by Crippen LogP contribution is -2.40. The van der Waals surface area contributed by atoms with Gasteiger partial charge in [-0.25, -0.2) is 9.18 Å². The SMILES string of the molecule is C[C@H](NC(=O)N1CC[C@@H]([C@@H](C)O)C1)c1c(Cl)ccc(F)c1Cl. The topological polar surface area (TPSA) is 52.6 Å². The maximum Gasteiger partial charge on any atom is 0.317 e. The fourth-order valence-electron chi connectivity index (χ4n) is 2.65. The van der Waals surface area contributed by atoms with E-state index in [9.17, 15) is 14.3 Å². The molecule has 3 atom stereocenters. The molecule has 0 bridgehead atoms. The average Bonchev–Trinajstić information content (AvgIpc) is 2.93. The van der Waals surface area contributed by atoms with Crippen LogP contribution in [0.25, 0.3) is 0 Å². The molecule has 2 amide bonds. The van der Waals surface area contributed by atoms with Crippen LogP contribution in [0.1, 0.15) is 31.9 Å². The van der Waals surface area contributed by atoms with Crippen LogP contribution < -0.4 is 5.32 Å². The van der Waals surface area contributed by atoms with Crippen molar-refractivity contribution in [3.63, 3.8) is 0 Å². The maximum absolute atomic E-state index is 13.6. The minimum atomic E-state index is -0.572. The maximum atomic E-state index is 13.6. The fraction of sp³-hybridized carbons (Fsp3) is 0.533. The van der Waals surface area contributed by atoms with E-state index in [1.165, 1.54) is 12.1 Å². The summed E-state index contributed by atoms with van der Waals surface area (Å²) in [5.74, 6) is -0.486. The molecule has 1 aliphatic heterocycles. The number of nitrogens with zero attached hydrogens (tertiary/aromatic N) is 1. The average molecular weight is 349 g/mol. The largest absolute Gasteiger partial charge is 0.393 e. The van der Waals surface area contributed by atoms with Crippen LogP contribution in [-0.4, -0.2) is 35.2 Å². The number of carbonyl (C=O) groups excluding carboxylic acids is 1. The summed E-state index contributed by atoms with van der Waals surface area (Å²) in [6.45, 7) is 4.51. The number of urea groups is 1. The van der Waals surface area contributed by atoms with Crippen LogP contribution in [0.3, 0.4) is 0 Å². The normalized spacial score (nSPS) is 20.8. The van der Waals surface area contributed by atoms with Gasteiger partial charge in [0.25, 0.3) is 0 Å². The molecule has 2 rings (SSSR count). The number of likely N-dealkylation sites (tertiary alicyclic amines) is 1. The highest BCUT2D eigenvalue weighted by atomic mass is 35.5. The van der Waals surface area contributed by atoms with Gasteiger partial charge in [0.1, 0.15) is 5.82 Å². The molecule has 7 heteroatoms. The number of carbonyl (C=O) groups is 1. The summed E-state index contributed by atoms with van der Waals surface area (Å²) in [6.07, 6.45) is 0.323. The van der Waals surface area contributed by atoms with Gasteiger partial charge in [0.05, 0.1) is 17.2 Å². The van der Waals surface area contributed by atoms with E-state index in [1.54, 1.807) is 18.7 Å². The second kappa shape index (κ2) is 7.02. The van der Waals surface area contributed by atoms with Gasteiger partial charge in [-0.15, -0.1) is 0 Å². The number of halogens is 3. The Labute approximate surface area is 139 Å². The smallest absolute Gasteiger partial charge is 0.317 e. The summed E-state index contributed by atoms with van der Waals surface area (Å²) < 4.78 is 13.6. The lowest BCUT2D eigenvalue weighted by molar-refractivity contribution is 0.129. The molecule has 2 N–H and O–H groups in total. The van der Waals surface area contributed by atoms with Crippen molar-refractivity contribution in [1.29, 1.82) is 0 Å². The van der Waals surface area contributed by atoms with E-state index in [1.807, 2.05) is 0 Å². The Morgan fingerprint density at radius 3 is 2.73 bits per heavy atom. The molecule has 1 saturated heterocycles. The highest BCUT2D eigenvalue weighted by Crippen LogP contribution is 2.32. The molecule has 0 spiro atoms. The molecule has 0 aromatic heterocycles. The van der Waals surface area contributed by atoms with Crippen LogP contribution in [0.15, 0.2) is 12.1 Å². The van der Waals surface area contributed by atoms with Crippen molar-refractivity contribution in [3.8, 4) is 0 Å². The second-order valence-electron chi connectivity index (χ2n) is 5.66. The van der Waals surface area contributed by atoms with Gasteiger partial charge in [0.15, 0.2) is 0 Å². The number of amides is 2. The van der Waals surface area contributed by atoms with Gasteiger partial charge in [-0.2, -0.15) is 0 Å². The third kappa shape index (κ3) is 3.65. The minimum absolute atomic E-state index is 0.0800. The molecule has 0 aliphatic carbocycles. The molecule has 1 heterocycles. The second-order valence-corrected chi connectivity index (χ2v) is 6.45. The van der Waals surface area contributed by atoms with Gasteiger partial charge in [-0.3, -0.25) is 0 Å². The molecule has 1 fully saturated rings. The van der Waals surface area contributed by atoms with Crippen molar-refractivity contribution in [2.45, 2.75) is 32.4 Å². The summed E-state index contributed by atoms with van der Waals surface area (Å²) in [5, 5.41) is 12.6. The Morgan fingerprint density at radius 1 is 1.45 bits per heavy atom. The van der Waals surface area contributed by atoms with Gasteiger partial charge in [-0.05, 0) is 32.4 Å². The van der Waals surface area contributed by atoms with E-state index in [2.05, 4.69) is 5.32 Å². The van der Waals surface area contributed by atoms with Crippen molar-refractivity contribution in [3.05, 3.63) is 33.6 Å². The van der Waals surface area contributed by atoms with E-state index >= 15 is 0 Å². The lowest BCUT2D eigenvalue weighted by Gasteiger charge is -2.23. The lowest BCUT2D eigenvalue weighted by atomic mass is 10.0. The summed E-state index contributed by atoms with van der Waals surface area (Å²) >= 11 is 12.0. The van der Waals surface area contributed by atoms with Crippen LogP contribution >= 0.6 is 23.2 Å². The third-order valence-corrected chi connectivity index (χ3v) is 4.76. The van der Waals surface area contributed by atoms with Crippen LogP contribution in [-0.2, 0) is 0 Å². The Balaban J connectivity index is 2.05. The molecular formula is C15H19Cl2FN2O2. The van der Waals surface area contributed by atoms with E-state index in [-0.39, 0.29) is 17.0 Å². The first-order valence-corrected chi connectivity index (χ1v) is 7.93. The number of benzene rings is 1. The molecule has 1 aromatic carbocycles. The van der Waals surface area contributed by atoms with E-state index in [4.69, 9.17) is 23.2 Å². The fourth-order valence-corrected chi connectivity index (χ4v) is 3.35. The number of aliphatic hydroxyl groups excluding tert-OH is 1. The van der Waals surface area contributed by atoms with Crippen molar-refractivity contribution in [2.75, 3.05) is 13.1 Å². The number of hydrogen-bond donors (Lipinski definition) is 2. The molecule has 1 aromatic rings. The highest BCUT2D eigenvalue weighted by Gasteiger charge is 2.30. The van der Waals surface area contributed by atoms with Crippen molar-refractivity contribution in [1.82, 2.24) is 10.2 Å². The molecule has 0 radical (unpaired) electrons. The van der Waals surface area contributed by atoms with Crippen molar-refractivity contribution in [2.24, 2.45) is 5.92 Å². The van der Waals surface area contributed by atoms with Crippen molar-refractivity contribution >= 4 is 29.2 Å². The highest BCUT2D eigenvalue weighted by molar-refractivity contribution is 6.36. The van der Waals surface area contributed by atoms with E-state index in [0.29, 0.717) is 23.7 Å². The Morgan fingerprint density at radius 2 is 2.14 bits per heavy atom. The Hall–Kier alpha value is -1.04. The van der Waals surface area contributed by atoms with Gasteiger partial charge >= 0.3 is 6.03 Å². The standard InChI is InChI=1S/C15H19Cl2FN2O2/c1-8(13-11(16)3-4-12(18)14(13)17)19-15(22)20-6-5-10(7-20)9(2)21/h3-4,8-10,21H,5-7H2,1-2H3,(H,19,22)/t8-,9+,10+/m0/s1. The van der Waals surface area contributed by atoms with Crippen molar-refractivity contribution < 1.29 is 14.3 Å². The predicted octanol–water partition coefficient (Wildman–Crippen LogP) is 3.61. The van der Waals surface area contributed by atoms with E-state index in [0.717, 1.165) is 6.42 Å². The van der Waals surface area contributed by atoms with Crippen LogP contribution in [0, 0.1) is 11.7 Å². The monoisotopic (exact) mass is 348 g/mol. The molecule has 4 nitrogen and oxygen atoms in total. The van der Waals surface area contributed by atoms with Gasteiger partial charge in [-0.1, -0.05) is 23.2 Å². The summed E-state index contributed by atoms with van der Waals surface area (Å²) in [5.41, 5.74) is 0.364. The molecule has 22 heavy (non-hydrogen) atoms. The number of aliphatic hydroxyl groups is 1. The third-order valence-electron chi connectivity index (χ3n) is 4.05. The van der Waals surface area contributed by atoms with E-state index < -0.39 is 18.0 Å². The molecule has 1 aliphatic rings. The van der Waals surface area contributed by atoms with Crippen LogP contribution in [0.2, 0.25) is 10.0 Å². The van der Waals surface area contributed by atoms with Gasteiger partial charge < -0.3 is 15.3 Å². The summed E-state index contributed by atoms with van der Waals surface area (Å²) in [6, 6.07) is 1.82. The zero-order chi connectivity index (χ0) is 16.4. The number of hydrogen-bond acceptors (Lipinski definition) is 2. The summed E-state index contributed by atoms with van der Waals surface area (Å²) in [7, 11) is 0.